The van der Waals surface area contributed by atoms with Gasteiger partial charge in [0.05, 0.1) is 18.5 Å². The molecule has 0 aliphatic carbocycles. The lowest BCUT2D eigenvalue weighted by Gasteiger charge is -2.32. The van der Waals surface area contributed by atoms with Gasteiger partial charge in [-0.2, -0.15) is 0 Å². The molecule has 174 valence electrons. The van der Waals surface area contributed by atoms with Gasteiger partial charge >= 0.3 is 6.36 Å². The van der Waals surface area contributed by atoms with E-state index in [2.05, 4.69) is 14.7 Å². The van der Waals surface area contributed by atoms with Crippen LogP contribution in [0.15, 0.2) is 36.7 Å². The molecule has 2 aliphatic rings. The van der Waals surface area contributed by atoms with Crippen LogP contribution in [-0.4, -0.2) is 58.4 Å². The molecule has 2 saturated heterocycles. The van der Waals surface area contributed by atoms with Crippen molar-refractivity contribution in [1.29, 1.82) is 0 Å². The summed E-state index contributed by atoms with van der Waals surface area (Å²) in [4.78, 5) is 27.2. The molecule has 0 saturated carbocycles. The van der Waals surface area contributed by atoms with E-state index in [-0.39, 0.29) is 23.5 Å². The van der Waals surface area contributed by atoms with E-state index in [1.54, 1.807) is 4.90 Å². The first-order chi connectivity index (χ1) is 15.9. The van der Waals surface area contributed by atoms with E-state index in [9.17, 15) is 18.0 Å². The molecule has 33 heavy (non-hydrogen) atoms. The summed E-state index contributed by atoms with van der Waals surface area (Å²) in [5, 5.41) is 0. The summed E-state index contributed by atoms with van der Waals surface area (Å²) in [6.07, 6.45) is 1.50. The Hall–Kier alpha value is -3.14. The molecular formula is C23H23F3N4O3. The predicted molar refractivity (Wildman–Crippen MR) is 113 cm³/mol. The highest BCUT2D eigenvalue weighted by Gasteiger charge is 2.31. The smallest absolute Gasteiger partial charge is 0.406 e. The number of alkyl halides is 3. The first-order valence-corrected chi connectivity index (χ1v) is 10.9. The van der Waals surface area contributed by atoms with Crippen molar-refractivity contribution >= 4 is 17.1 Å². The van der Waals surface area contributed by atoms with Crippen molar-refractivity contribution in [1.82, 2.24) is 19.9 Å². The summed E-state index contributed by atoms with van der Waals surface area (Å²) in [7, 11) is 0. The largest absolute Gasteiger partial charge is 0.573 e. The normalized spacial score (nSPS) is 19.8. The van der Waals surface area contributed by atoms with Gasteiger partial charge in [0.2, 0.25) is 0 Å². The first-order valence-electron chi connectivity index (χ1n) is 10.9. The molecule has 1 N–H and O–H groups in total. The van der Waals surface area contributed by atoms with Crippen LogP contribution in [0.1, 0.15) is 52.7 Å². The van der Waals surface area contributed by atoms with Gasteiger partial charge in [0.15, 0.2) is 5.65 Å². The molecule has 5 rings (SSSR count). The third kappa shape index (κ3) is 4.66. The number of benzene rings is 1. The van der Waals surface area contributed by atoms with Crippen LogP contribution in [0.5, 0.6) is 5.75 Å². The summed E-state index contributed by atoms with van der Waals surface area (Å²) in [5.74, 6) is -0.0252. The molecule has 4 heterocycles. The van der Waals surface area contributed by atoms with Gasteiger partial charge in [-0.15, -0.1) is 13.2 Å². The van der Waals surface area contributed by atoms with Crippen LogP contribution in [0.2, 0.25) is 0 Å². The molecule has 1 atom stereocenters. The third-order valence-electron chi connectivity index (χ3n) is 6.33. The Labute approximate surface area is 187 Å². The number of amides is 1. The average Bonchev–Trinajstić information content (AvgIpc) is 3.48. The summed E-state index contributed by atoms with van der Waals surface area (Å²) < 4.78 is 46.3. The van der Waals surface area contributed by atoms with Crippen LogP contribution in [-0.2, 0) is 4.74 Å². The van der Waals surface area contributed by atoms with Gasteiger partial charge in [-0.3, -0.25) is 4.79 Å². The zero-order valence-corrected chi connectivity index (χ0v) is 17.8. The van der Waals surface area contributed by atoms with E-state index < -0.39 is 6.36 Å². The number of ether oxygens (including phenoxy) is 2. The van der Waals surface area contributed by atoms with Crippen molar-refractivity contribution in [2.75, 3.05) is 26.3 Å². The molecule has 1 aromatic carbocycles. The maximum absolute atomic E-state index is 12.8. The number of carbonyl (C=O) groups is 1. The molecule has 1 amide bonds. The van der Waals surface area contributed by atoms with Crippen molar-refractivity contribution in [2.45, 2.75) is 37.5 Å². The minimum atomic E-state index is -4.76. The molecule has 0 spiro atoms. The van der Waals surface area contributed by atoms with Crippen LogP contribution < -0.4 is 4.74 Å². The van der Waals surface area contributed by atoms with Crippen LogP contribution in [0.4, 0.5) is 13.2 Å². The van der Waals surface area contributed by atoms with Crippen LogP contribution in [0.25, 0.3) is 11.2 Å². The number of halogens is 3. The van der Waals surface area contributed by atoms with Gasteiger partial charge in [0.25, 0.3) is 5.91 Å². The van der Waals surface area contributed by atoms with Crippen LogP contribution in [0, 0.1) is 0 Å². The highest BCUT2D eigenvalue weighted by Crippen LogP contribution is 2.34. The van der Waals surface area contributed by atoms with E-state index in [1.165, 1.54) is 12.1 Å². The van der Waals surface area contributed by atoms with Gasteiger partial charge in [-0.1, -0.05) is 0 Å². The lowest BCUT2D eigenvalue weighted by atomic mass is 9.90. The second-order valence-corrected chi connectivity index (χ2v) is 8.44. The highest BCUT2D eigenvalue weighted by molar-refractivity contribution is 5.94. The standard InChI is InChI=1S/C23H23F3N4O3/c24-23(25,26)33-17-3-1-15(2-4-17)22(31)30-8-5-14(6-9-30)18-11-27-21-20(18)29-19(12-28-21)16-7-10-32-13-16/h1-4,11-12,14,16H,5-10,13H2,(H,27,28). The Morgan fingerprint density at radius 3 is 2.55 bits per heavy atom. The minimum Gasteiger partial charge on any atom is -0.406 e. The number of nitrogens with one attached hydrogen (secondary N) is 1. The van der Waals surface area contributed by atoms with Crippen molar-refractivity contribution < 1.29 is 27.4 Å². The second kappa shape index (κ2) is 8.66. The van der Waals surface area contributed by atoms with Crippen molar-refractivity contribution in [3.63, 3.8) is 0 Å². The SMILES string of the molecule is O=C(c1ccc(OC(F)(F)F)cc1)N1CCC(c2c[nH]c3ncc(C4CCOC4)nc23)CC1. The maximum atomic E-state index is 12.8. The third-order valence-corrected chi connectivity index (χ3v) is 6.33. The molecule has 0 bridgehead atoms. The van der Waals surface area contributed by atoms with Gasteiger partial charge < -0.3 is 19.4 Å². The molecule has 1 unspecified atom stereocenters. The van der Waals surface area contributed by atoms with Gasteiger partial charge in [-0.05, 0) is 49.4 Å². The Bertz CT molecular complexity index is 1130. The number of likely N-dealkylation sites (tertiary alicyclic amines) is 1. The average molecular weight is 460 g/mol. The lowest BCUT2D eigenvalue weighted by molar-refractivity contribution is -0.274. The fraction of sp³-hybridized carbons (Fsp3) is 0.435. The number of fused-ring (bicyclic) bond motifs is 1. The second-order valence-electron chi connectivity index (χ2n) is 8.44. The fourth-order valence-electron chi connectivity index (χ4n) is 4.58. The molecule has 2 aromatic heterocycles. The summed E-state index contributed by atoms with van der Waals surface area (Å²) >= 11 is 0. The number of H-pyrrole nitrogens is 1. The van der Waals surface area contributed by atoms with Crippen molar-refractivity contribution in [3.05, 3.63) is 53.5 Å². The van der Waals surface area contributed by atoms with E-state index in [4.69, 9.17) is 9.72 Å². The van der Waals surface area contributed by atoms with Crippen molar-refractivity contribution in [2.24, 2.45) is 0 Å². The summed E-state index contributed by atoms with van der Waals surface area (Å²) in [6, 6.07) is 5.04. The number of carbonyl (C=O) groups excluding carboxylic acids is 1. The Morgan fingerprint density at radius 1 is 1.12 bits per heavy atom. The first kappa shape index (κ1) is 21.7. The van der Waals surface area contributed by atoms with Crippen LogP contribution in [0.3, 0.4) is 0 Å². The minimum absolute atomic E-state index is 0.200. The zero-order chi connectivity index (χ0) is 23.0. The fourth-order valence-corrected chi connectivity index (χ4v) is 4.58. The topological polar surface area (TPSA) is 80.3 Å². The highest BCUT2D eigenvalue weighted by atomic mass is 19.4. The Kier molecular flexibility index (Phi) is 5.69. The van der Waals surface area contributed by atoms with Crippen molar-refractivity contribution in [3.8, 4) is 5.75 Å². The molecule has 10 heteroatoms. The number of hydrogen-bond acceptors (Lipinski definition) is 5. The number of aromatic nitrogens is 3. The molecular weight excluding hydrogens is 437 g/mol. The maximum Gasteiger partial charge on any atom is 0.573 e. The molecule has 2 fully saturated rings. The number of hydrogen-bond donors (Lipinski definition) is 1. The Balaban J connectivity index is 1.25. The number of aromatic amines is 1. The van der Waals surface area contributed by atoms with E-state index in [0.717, 1.165) is 60.4 Å². The van der Waals surface area contributed by atoms with Gasteiger partial charge in [0.1, 0.15) is 11.3 Å². The Morgan fingerprint density at radius 2 is 1.88 bits per heavy atom. The number of rotatable bonds is 4. The van der Waals surface area contributed by atoms with E-state index in [0.29, 0.717) is 25.3 Å². The monoisotopic (exact) mass is 460 g/mol. The van der Waals surface area contributed by atoms with E-state index in [1.807, 2.05) is 12.4 Å². The zero-order valence-electron chi connectivity index (χ0n) is 17.8. The molecule has 3 aromatic rings. The summed E-state index contributed by atoms with van der Waals surface area (Å²) in [6.45, 7) is 2.53. The molecule has 0 radical (unpaired) electrons. The number of piperidine rings is 1. The predicted octanol–water partition coefficient (Wildman–Crippen LogP) is 4.38. The molecule has 2 aliphatic heterocycles. The van der Waals surface area contributed by atoms with Crippen LogP contribution >= 0.6 is 0 Å². The molecule has 7 nitrogen and oxygen atoms in total. The lowest BCUT2D eigenvalue weighted by Crippen LogP contribution is -2.37. The number of nitrogens with zero attached hydrogens (tertiary/aromatic N) is 3. The summed E-state index contributed by atoms with van der Waals surface area (Å²) in [5.41, 5.74) is 4.03. The van der Waals surface area contributed by atoms with E-state index >= 15 is 0 Å². The van der Waals surface area contributed by atoms with Gasteiger partial charge in [0, 0.05) is 42.9 Å². The quantitative estimate of drug-likeness (QED) is 0.625. The van der Waals surface area contributed by atoms with Gasteiger partial charge in [-0.25, -0.2) is 9.97 Å².